The van der Waals surface area contributed by atoms with Gasteiger partial charge in [0.2, 0.25) is 11.5 Å². The number of aromatic nitrogens is 4. The van der Waals surface area contributed by atoms with E-state index in [2.05, 4.69) is 111 Å². The van der Waals surface area contributed by atoms with E-state index in [1.165, 1.54) is 10.8 Å². The van der Waals surface area contributed by atoms with Crippen molar-refractivity contribution in [2.75, 3.05) is 0 Å². The maximum Gasteiger partial charge on any atom is 0.234 e. The van der Waals surface area contributed by atoms with Crippen LogP contribution in [-0.4, -0.2) is 18.5 Å². The van der Waals surface area contributed by atoms with E-state index in [-0.39, 0.29) is 0 Å². The normalized spacial score (nSPS) is 12.6. The molecule has 0 atom stereocenters. The quantitative estimate of drug-likeness (QED) is 0.205. The molecule has 0 saturated heterocycles. The third-order valence-electron chi connectivity index (χ3n) is 9.25. The van der Waals surface area contributed by atoms with Crippen molar-refractivity contribution in [3.05, 3.63) is 133 Å². The highest BCUT2D eigenvalue weighted by molar-refractivity contribution is 6.18. The molecule has 5 heterocycles. The number of hydrogen-bond donors (Lipinski definition) is 0. The van der Waals surface area contributed by atoms with Crippen molar-refractivity contribution in [2.45, 2.75) is 0 Å². The fourth-order valence-electron chi connectivity index (χ4n) is 7.37. The minimum atomic E-state index is 0.756. The van der Waals surface area contributed by atoms with Crippen LogP contribution in [0.5, 0.6) is 11.5 Å². The van der Waals surface area contributed by atoms with Crippen molar-refractivity contribution < 1.29 is 9.15 Å². The minimum absolute atomic E-state index is 0.756. The Balaban J connectivity index is 1.25. The van der Waals surface area contributed by atoms with Gasteiger partial charge in [-0.25, -0.2) is 9.38 Å². The maximum absolute atomic E-state index is 6.47. The average Bonchev–Trinajstić information content (AvgIpc) is 3.82. The van der Waals surface area contributed by atoms with E-state index >= 15 is 0 Å². The van der Waals surface area contributed by atoms with Crippen LogP contribution in [0.25, 0.3) is 83.3 Å². The second-order valence-electron chi connectivity index (χ2n) is 11.6. The second kappa shape index (κ2) is 8.21. The summed E-state index contributed by atoms with van der Waals surface area (Å²) in [6, 6.07) is 46.4. The first kappa shape index (κ1) is 23.2. The number of furan rings is 1. The van der Waals surface area contributed by atoms with Gasteiger partial charge in [0, 0.05) is 21.8 Å². The molecule has 0 spiro atoms. The van der Waals surface area contributed by atoms with Crippen LogP contribution in [0.15, 0.2) is 138 Å². The molecule has 0 amide bonds. The molecule has 0 aliphatic carbocycles. The zero-order valence-electron chi connectivity index (χ0n) is 23.8. The Hall–Kier alpha value is -6.27. The molecule has 6 aromatic carbocycles. The van der Waals surface area contributed by atoms with E-state index in [0.29, 0.717) is 0 Å². The monoisotopic (exact) mass is 578 g/mol. The molecule has 0 bridgehead atoms. The van der Waals surface area contributed by atoms with Gasteiger partial charge in [-0.15, -0.1) is 0 Å². The molecule has 0 unspecified atom stereocenters. The number of hydrogen-bond acceptors (Lipinski definition) is 3. The summed E-state index contributed by atoms with van der Waals surface area (Å²) in [5.41, 5.74) is 11.2. The van der Waals surface area contributed by atoms with Crippen LogP contribution >= 0.6 is 0 Å². The number of nitrogens with zero attached hydrogens (tertiary/aromatic N) is 4. The zero-order chi connectivity index (χ0) is 29.2. The molecule has 1 aliphatic heterocycles. The zero-order valence-corrected chi connectivity index (χ0v) is 23.8. The van der Waals surface area contributed by atoms with Crippen molar-refractivity contribution in [3.63, 3.8) is 0 Å². The lowest BCUT2D eigenvalue weighted by Crippen LogP contribution is -2.03. The summed E-state index contributed by atoms with van der Waals surface area (Å²) in [7, 11) is 0. The summed E-state index contributed by atoms with van der Waals surface area (Å²) in [4.78, 5) is 5.18. The molecule has 0 radical (unpaired) electrons. The second-order valence-corrected chi connectivity index (χ2v) is 11.6. The number of benzene rings is 6. The van der Waals surface area contributed by atoms with Crippen molar-refractivity contribution in [2.24, 2.45) is 0 Å². The standard InChI is InChI=1S/C39H22N4O2/c1-2-10-24(11-3-1)41-31-22-23(18-20-29(31)43-38-36(40-39(41)43)27-13-5-8-16-32(27)45-38)25-19-21-34-37-35(25)26-12-4-6-14-28(26)42(37)30-15-7-9-17-33(30)44-34/h1-22H. The van der Waals surface area contributed by atoms with Crippen molar-refractivity contribution in [1.82, 2.24) is 18.5 Å². The number of fused-ring (bicyclic) bond motifs is 12. The van der Waals surface area contributed by atoms with E-state index in [9.17, 15) is 0 Å². The van der Waals surface area contributed by atoms with Gasteiger partial charge < -0.3 is 13.7 Å². The van der Waals surface area contributed by atoms with E-state index in [4.69, 9.17) is 14.1 Å². The van der Waals surface area contributed by atoms with Gasteiger partial charge in [0.1, 0.15) is 11.1 Å². The lowest BCUT2D eigenvalue weighted by atomic mass is 9.98. The molecule has 0 fully saturated rings. The van der Waals surface area contributed by atoms with Gasteiger partial charge >= 0.3 is 0 Å². The number of imidazole rings is 2. The smallest absolute Gasteiger partial charge is 0.234 e. The fraction of sp³-hybridized carbons (Fsp3) is 0. The fourth-order valence-corrected chi connectivity index (χ4v) is 7.37. The Morgan fingerprint density at radius 2 is 1.38 bits per heavy atom. The SMILES string of the molecule is c1ccc(-n2c3cc(-c4ccc5c6c4c4ccccc4n6-c4ccccc4O5)ccc3n3c4oc5ccccc5c4nc23)cc1. The molecule has 11 rings (SSSR count). The van der Waals surface area contributed by atoms with Crippen molar-refractivity contribution >= 4 is 60.8 Å². The van der Waals surface area contributed by atoms with Crippen molar-refractivity contribution in [3.8, 4) is 34.0 Å². The Bertz CT molecular complexity index is 2850. The lowest BCUT2D eigenvalue weighted by molar-refractivity contribution is 0.476. The molecule has 45 heavy (non-hydrogen) atoms. The van der Waals surface area contributed by atoms with Gasteiger partial charge in [-0.05, 0) is 77.9 Å². The van der Waals surface area contributed by atoms with Crippen LogP contribution in [0.2, 0.25) is 0 Å². The Morgan fingerprint density at radius 3 is 2.31 bits per heavy atom. The van der Waals surface area contributed by atoms with Gasteiger partial charge in [-0.1, -0.05) is 66.7 Å². The van der Waals surface area contributed by atoms with Gasteiger partial charge in [-0.2, -0.15) is 0 Å². The van der Waals surface area contributed by atoms with E-state index < -0.39 is 0 Å². The first-order chi connectivity index (χ1) is 22.3. The van der Waals surface area contributed by atoms with Gasteiger partial charge in [0.05, 0.1) is 27.8 Å². The molecule has 1 aliphatic rings. The summed E-state index contributed by atoms with van der Waals surface area (Å²) in [6.07, 6.45) is 0. The average molecular weight is 579 g/mol. The molecule has 0 N–H and O–H groups in total. The van der Waals surface area contributed by atoms with Gasteiger partial charge in [0.15, 0.2) is 11.5 Å². The minimum Gasteiger partial charge on any atom is -0.453 e. The van der Waals surface area contributed by atoms with Crippen LogP contribution in [0.1, 0.15) is 0 Å². The molecule has 10 aromatic rings. The highest BCUT2D eigenvalue weighted by atomic mass is 16.5. The topological polar surface area (TPSA) is 49.5 Å². The molecule has 6 nitrogen and oxygen atoms in total. The summed E-state index contributed by atoms with van der Waals surface area (Å²) in [6.45, 7) is 0. The maximum atomic E-state index is 6.47. The highest BCUT2D eigenvalue weighted by Gasteiger charge is 2.27. The number of ether oxygens (including phenoxy) is 1. The largest absolute Gasteiger partial charge is 0.453 e. The molecule has 0 saturated carbocycles. The number of rotatable bonds is 2. The predicted molar refractivity (Wildman–Crippen MR) is 179 cm³/mol. The summed E-state index contributed by atoms with van der Waals surface area (Å²) in [5.74, 6) is 2.55. The predicted octanol–water partition coefficient (Wildman–Crippen LogP) is 10.0. The van der Waals surface area contributed by atoms with Crippen LogP contribution in [-0.2, 0) is 0 Å². The Morgan fingerprint density at radius 1 is 0.578 bits per heavy atom. The highest BCUT2D eigenvalue weighted by Crippen LogP contribution is 2.48. The summed E-state index contributed by atoms with van der Waals surface area (Å²) in [5, 5.41) is 3.39. The van der Waals surface area contributed by atoms with Gasteiger partial charge in [-0.3, -0.25) is 4.57 Å². The summed E-state index contributed by atoms with van der Waals surface area (Å²) >= 11 is 0. The van der Waals surface area contributed by atoms with Crippen LogP contribution < -0.4 is 4.74 Å². The van der Waals surface area contributed by atoms with Crippen LogP contribution in [0.3, 0.4) is 0 Å². The van der Waals surface area contributed by atoms with Crippen LogP contribution in [0, 0.1) is 0 Å². The third kappa shape index (κ3) is 2.91. The molecular weight excluding hydrogens is 556 g/mol. The first-order valence-corrected chi connectivity index (χ1v) is 15.1. The first-order valence-electron chi connectivity index (χ1n) is 15.1. The van der Waals surface area contributed by atoms with E-state index in [0.717, 1.165) is 84.0 Å². The Labute approximate surface area is 255 Å². The van der Waals surface area contributed by atoms with Crippen LogP contribution in [0.4, 0.5) is 0 Å². The third-order valence-corrected chi connectivity index (χ3v) is 9.25. The number of para-hydroxylation sites is 5. The Kier molecular flexibility index (Phi) is 4.24. The molecule has 210 valence electrons. The molecule has 6 heteroatoms. The van der Waals surface area contributed by atoms with Crippen molar-refractivity contribution in [1.29, 1.82) is 0 Å². The van der Waals surface area contributed by atoms with E-state index in [1.54, 1.807) is 0 Å². The molecule has 4 aromatic heterocycles. The van der Waals surface area contributed by atoms with Gasteiger partial charge in [0.25, 0.3) is 0 Å². The lowest BCUT2D eigenvalue weighted by Gasteiger charge is -2.21. The van der Waals surface area contributed by atoms with E-state index in [1.807, 2.05) is 36.4 Å². The summed E-state index contributed by atoms with van der Waals surface area (Å²) < 4.78 is 19.6. The molecular formula is C39H22N4O2.